The van der Waals surface area contributed by atoms with Crippen LogP contribution in [-0.2, 0) is 11.3 Å². The van der Waals surface area contributed by atoms with Crippen LogP contribution in [0.15, 0.2) is 33.8 Å². The number of rotatable bonds is 4. The van der Waals surface area contributed by atoms with Crippen molar-refractivity contribution in [3.8, 4) is 0 Å². The molecule has 20 heavy (non-hydrogen) atoms. The third-order valence-corrected chi connectivity index (χ3v) is 2.99. The Morgan fingerprint density at radius 1 is 1.45 bits per heavy atom. The van der Waals surface area contributed by atoms with Crippen LogP contribution < -0.4 is 11.2 Å². The van der Waals surface area contributed by atoms with Crippen molar-refractivity contribution < 1.29 is 4.79 Å². The number of nitrogens with one attached hydrogen (secondary N) is 1. The van der Waals surface area contributed by atoms with Crippen LogP contribution in [0.25, 0.3) is 0 Å². The topological polar surface area (TPSA) is 111 Å². The second-order valence-electron chi connectivity index (χ2n) is 3.93. The Labute approximate surface area is 123 Å². The molecular weight excluding hydrogens is 326 g/mol. The van der Waals surface area contributed by atoms with Crippen LogP contribution in [0.2, 0.25) is 0 Å². The van der Waals surface area contributed by atoms with Crippen molar-refractivity contribution in [2.75, 3.05) is 5.73 Å². The first-order chi connectivity index (χ1) is 9.56. The molecule has 1 aromatic carbocycles. The number of anilines is 1. The average molecular weight is 338 g/mol. The van der Waals surface area contributed by atoms with Crippen molar-refractivity contribution in [2.45, 2.75) is 13.5 Å². The van der Waals surface area contributed by atoms with Crippen molar-refractivity contribution in [3.05, 3.63) is 34.3 Å². The molecule has 0 saturated heterocycles. The zero-order valence-electron chi connectivity index (χ0n) is 10.6. The number of amides is 1. The fraction of sp³-hybridized carbons (Fsp3) is 0.182. The standard InChI is InChI=1S/C11H12BrN7O/c1-7(8-2-4-9(12)5-3-8)14-15-10(20)6-19-11(13)16-17-18-19/h2-5H,6H2,1H3,(H,15,20)(H2,13,16,18)/b14-7+. The Morgan fingerprint density at radius 2 is 2.15 bits per heavy atom. The van der Waals surface area contributed by atoms with Crippen molar-refractivity contribution >= 4 is 33.5 Å². The number of hydrogen-bond donors (Lipinski definition) is 2. The van der Waals surface area contributed by atoms with E-state index in [1.165, 1.54) is 4.68 Å². The number of aromatic nitrogens is 4. The van der Waals surface area contributed by atoms with E-state index in [-0.39, 0.29) is 18.4 Å². The molecule has 0 unspecified atom stereocenters. The van der Waals surface area contributed by atoms with Gasteiger partial charge in [0.1, 0.15) is 6.54 Å². The van der Waals surface area contributed by atoms with E-state index in [0.29, 0.717) is 5.71 Å². The highest BCUT2D eigenvalue weighted by molar-refractivity contribution is 9.10. The summed E-state index contributed by atoms with van der Waals surface area (Å²) in [5, 5.41) is 14.4. The van der Waals surface area contributed by atoms with Gasteiger partial charge in [0.25, 0.3) is 5.91 Å². The van der Waals surface area contributed by atoms with Gasteiger partial charge in [0.15, 0.2) is 0 Å². The van der Waals surface area contributed by atoms with Gasteiger partial charge in [-0.3, -0.25) is 4.79 Å². The summed E-state index contributed by atoms with van der Waals surface area (Å²) < 4.78 is 2.16. The third kappa shape index (κ3) is 3.60. The van der Waals surface area contributed by atoms with Gasteiger partial charge in [-0.05, 0) is 35.0 Å². The Kier molecular flexibility index (Phi) is 4.41. The highest BCUT2D eigenvalue weighted by atomic mass is 79.9. The predicted octanol–water partition coefficient (Wildman–Crippen LogP) is 0.558. The number of halogens is 1. The van der Waals surface area contributed by atoms with E-state index >= 15 is 0 Å². The molecule has 0 aliphatic heterocycles. The highest BCUT2D eigenvalue weighted by Crippen LogP contribution is 2.10. The van der Waals surface area contributed by atoms with Crippen LogP contribution in [-0.4, -0.2) is 31.8 Å². The Bertz CT molecular complexity index is 634. The van der Waals surface area contributed by atoms with Crippen LogP contribution in [0, 0.1) is 0 Å². The van der Waals surface area contributed by atoms with E-state index < -0.39 is 0 Å². The first kappa shape index (κ1) is 14.1. The summed E-state index contributed by atoms with van der Waals surface area (Å²) in [4.78, 5) is 11.7. The average Bonchev–Trinajstić information content (AvgIpc) is 2.82. The zero-order valence-corrected chi connectivity index (χ0v) is 12.2. The van der Waals surface area contributed by atoms with E-state index in [1.54, 1.807) is 6.92 Å². The maximum atomic E-state index is 11.7. The van der Waals surface area contributed by atoms with Gasteiger partial charge in [-0.1, -0.05) is 33.2 Å². The molecule has 0 aliphatic carbocycles. The van der Waals surface area contributed by atoms with Gasteiger partial charge in [0.2, 0.25) is 5.95 Å². The van der Waals surface area contributed by atoms with Crippen molar-refractivity contribution in [2.24, 2.45) is 5.10 Å². The number of carbonyl (C=O) groups excluding carboxylic acids is 1. The maximum absolute atomic E-state index is 11.7. The largest absolute Gasteiger partial charge is 0.367 e. The normalized spacial score (nSPS) is 11.4. The summed E-state index contributed by atoms with van der Waals surface area (Å²) in [6, 6.07) is 7.60. The van der Waals surface area contributed by atoms with E-state index in [0.717, 1.165) is 10.0 Å². The molecule has 9 heteroatoms. The summed E-state index contributed by atoms with van der Waals surface area (Å²) in [7, 11) is 0. The van der Waals surface area contributed by atoms with Crippen LogP contribution in [0.5, 0.6) is 0 Å². The molecule has 0 fully saturated rings. The highest BCUT2D eigenvalue weighted by Gasteiger charge is 2.07. The molecule has 0 radical (unpaired) electrons. The molecule has 2 aromatic rings. The quantitative estimate of drug-likeness (QED) is 0.625. The molecule has 0 aliphatic rings. The molecule has 0 bridgehead atoms. The van der Waals surface area contributed by atoms with Gasteiger partial charge < -0.3 is 5.73 Å². The van der Waals surface area contributed by atoms with E-state index in [2.05, 4.69) is 42.0 Å². The molecule has 1 amide bonds. The summed E-state index contributed by atoms with van der Waals surface area (Å²) in [5.74, 6) is -0.283. The summed E-state index contributed by atoms with van der Waals surface area (Å²) in [6.07, 6.45) is 0. The lowest BCUT2D eigenvalue weighted by Crippen LogP contribution is -2.25. The fourth-order valence-corrected chi connectivity index (χ4v) is 1.66. The number of tetrazole rings is 1. The van der Waals surface area contributed by atoms with Gasteiger partial charge in [-0.25, -0.2) is 10.1 Å². The molecule has 1 heterocycles. The van der Waals surface area contributed by atoms with Gasteiger partial charge in [-0.15, -0.1) is 0 Å². The minimum atomic E-state index is -0.361. The van der Waals surface area contributed by atoms with Crippen LogP contribution in [0.4, 0.5) is 5.95 Å². The lowest BCUT2D eigenvalue weighted by Gasteiger charge is -2.03. The second-order valence-corrected chi connectivity index (χ2v) is 4.85. The molecule has 1 aromatic heterocycles. The molecule has 0 spiro atoms. The van der Waals surface area contributed by atoms with Gasteiger partial charge in [0.05, 0.1) is 5.71 Å². The van der Waals surface area contributed by atoms with E-state index in [9.17, 15) is 4.79 Å². The molecule has 3 N–H and O–H groups in total. The van der Waals surface area contributed by atoms with Crippen molar-refractivity contribution in [1.82, 2.24) is 25.6 Å². The number of carbonyl (C=O) groups is 1. The summed E-state index contributed by atoms with van der Waals surface area (Å²) >= 11 is 3.35. The molecule has 0 atom stereocenters. The van der Waals surface area contributed by atoms with E-state index in [4.69, 9.17) is 5.73 Å². The smallest absolute Gasteiger partial charge is 0.262 e. The lowest BCUT2D eigenvalue weighted by atomic mass is 10.1. The molecule has 104 valence electrons. The second kappa shape index (κ2) is 6.24. The Hall–Kier alpha value is -2.29. The summed E-state index contributed by atoms with van der Waals surface area (Å²) in [6.45, 7) is 1.71. The maximum Gasteiger partial charge on any atom is 0.262 e. The number of nitrogens with zero attached hydrogens (tertiary/aromatic N) is 5. The SMILES string of the molecule is C/C(=N\NC(=O)Cn1nnnc1N)c1ccc(Br)cc1. The third-order valence-electron chi connectivity index (χ3n) is 2.46. The molecule has 2 rings (SSSR count). The van der Waals surface area contributed by atoms with Crippen LogP contribution in [0.3, 0.4) is 0 Å². The minimum absolute atomic E-state index is 0.0776. The lowest BCUT2D eigenvalue weighted by molar-refractivity contribution is -0.121. The number of benzene rings is 1. The zero-order chi connectivity index (χ0) is 14.5. The Morgan fingerprint density at radius 3 is 2.75 bits per heavy atom. The van der Waals surface area contributed by atoms with Gasteiger partial charge in [-0.2, -0.15) is 5.10 Å². The van der Waals surface area contributed by atoms with Gasteiger partial charge >= 0.3 is 0 Å². The fourth-order valence-electron chi connectivity index (χ4n) is 1.40. The number of hydrazone groups is 1. The first-order valence-electron chi connectivity index (χ1n) is 5.67. The number of nitrogens with two attached hydrogens (primary N) is 1. The van der Waals surface area contributed by atoms with Crippen LogP contribution in [0.1, 0.15) is 12.5 Å². The van der Waals surface area contributed by atoms with Gasteiger partial charge in [0, 0.05) is 4.47 Å². The monoisotopic (exact) mass is 337 g/mol. The molecule has 0 saturated carbocycles. The van der Waals surface area contributed by atoms with Crippen LogP contribution >= 0.6 is 15.9 Å². The molecule has 8 nitrogen and oxygen atoms in total. The summed E-state index contributed by atoms with van der Waals surface area (Å²) in [5.41, 5.74) is 9.49. The molecular formula is C11H12BrN7O. The minimum Gasteiger partial charge on any atom is -0.367 e. The number of hydrogen-bond acceptors (Lipinski definition) is 6. The van der Waals surface area contributed by atoms with E-state index in [1.807, 2.05) is 24.3 Å². The first-order valence-corrected chi connectivity index (χ1v) is 6.46. The van der Waals surface area contributed by atoms with Crippen molar-refractivity contribution in [3.63, 3.8) is 0 Å². The Balaban J connectivity index is 1.96. The van der Waals surface area contributed by atoms with Crippen molar-refractivity contribution in [1.29, 1.82) is 0 Å². The predicted molar refractivity (Wildman–Crippen MR) is 76.7 cm³/mol. The number of nitrogen functional groups attached to an aromatic ring is 1.